The quantitative estimate of drug-likeness (QED) is 0.468. The third-order valence-electron chi connectivity index (χ3n) is 2.87. The molecule has 0 amide bonds. The number of aromatic nitrogens is 1. The molecule has 0 radical (unpaired) electrons. The molecule has 2 aromatic rings. The van der Waals surface area contributed by atoms with Crippen LogP contribution < -0.4 is 4.57 Å². The smallest absolute Gasteiger partial charge is 0.248 e. The Balaban J connectivity index is 0.000000238. The van der Waals surface area contributed by atoms with Crippen LogP contribution in [-0.4, -0.2) is 32.5 Å². The fraction of sp³-hybridized carbons (Fsp3) is 0.250. The van der Waals surface area contributed by atoms with E-state index in [2.05, 4.69) is 0 Å². The van der Waals surface area contributed by atoms with Gasteiger partial charge in [0.2, 0.25) is 11.5 Å². The molecule has 0 aliphatic carbocycles. The second-order valence-corrected chi connectivity index (χ2v) is 5.98. The van der Waals surface area contributed by atoms with Crippen molar-refractivity contribution in [2.75, 3.05) is 13.7 Å². The maximum absolute atomic E-state index is 11.2. The van der Waals surface area contributed by atoms with E-state index in [4.69, 9.17) is 4.74 Å². The van der Waals surface area contributed by atoms with E-state index in [1.807, 2.05) is 29.0 Å². The molecule has 2 rings (SSSR count). The predicted molar refractivity (Wildman–Crippen MR) is 82.9 cm³/mol. The van der Waals surface area contributed by atoms with Crippen molar-refractivity contribution in [1.29, 1.82) is 0 Å². The van der Waals surface area contributed by atoms with E-state index >= 15 is 0 Å². The van der Waals surface area contributed by atoms with Crippen molar-refractivity contribution in [1.82, 2.24) is 0 Å². The maximum Gasteiger partial charge on any atom is 0.248 e. The molecular weight excluding hydrogens is 318 g/mol. The first-order valence-corrected chi connectivity index (χ1v) is 8.26. The van der Waals surface area contributed by atoms with Gasteiger partial charge in [0, 0.05) is 26.2 Å². The second kappa shape index (κ2) is 9.14. The first kappa shape index (κ1) is 19.0. The Kier molecular flexibility index (Phi) is 7.53. The SMILES string of the molecule is COCC[n+]1ccccc1C(C)=O.O=S(=O)([O-])c1ccccc1. The van der Waals surface area contributed by atoms with Gasteiger partial charge in [-0.15, -0.1) is 0 Å². The topological polar surface area (TPSA) is 87.4 Å². The summed E-state index contributed by atoms with van der Waals surface area (Å²) in [5, 5.41) is 0. The minimum atomic E-state index is -4.25. The Morgan fingerprint density at radius 3 is 2.22 bits per heavy atom. The van der Waals surface area contributed by atoms with E-state index in [0.717, 1.165) is 5.69 Å². The number of carbonyl (C=O) groups is 1. The molecule has 0 unspecified atom stereocenters. The molecule has 0 saturated carbocycles. The molecule has 7 heteroatoms. The van der Waals surface area contributed by atoms with Crippen LogP contribution in [0.1, 0.15) is 17.4 Å². The average molecular weight is 337 g/mol. The van der Waals surface area contributed by atoms with Gasteiger partial charge in [-0.05, 0) is 18.2 Å². The normalized spacial score (nSPS) is 10.6. The number of pyridine rings is 1. The Bertz CT molecular complexity index is 729. The molecule has 1 heterocycles. The number of nitrogens with zero attached hydrogens (tertiary/aromatic N) is 1. The standard InChI is InChI=1S/C10H14NO2.C6H6O3S/c1-9(12)10-5-3-4-6-11(10)7-8-13-2;7-10(8,9)6-4-2-1-3-5-6/h3-6H,7-8H2,1-2H3;1-5H,(H,7,8,9)/q+1;/p-1. The van der Waals surface area contributed by atoms with Crippen LogP contribution in [0.2, 0.25) is 0 Å². The van der Waals surface area contributed by atoms with Crippen LogP contribution in [0.25, 0.3) is 0 Å². The van der Waals surface area contributed by atoms with Gasteiger partial charge < -0.3 is 9.29 Å². The minimum absolute atomic E-state index is 0.0803. The number of Topliss-reactive ketones (excluding diaryl/α,β-unsaturated/α-hetero) is 1. The molecule has 0 fully saturated rings. The third kappa shape index (κ3) is 6.68. The number of methoxy groups -OCH3 is 1. The largest absolute Gasteiger partial charge is 0.744 e. The molecule has 0 N–H and O–H groups in total. The molecule has 23 heavy (non-hydrogen) atoms. The van der Waals surface area contributed by atoms with Gasteiger partial charge in [-0.1, -0.05) is 18.2 Å². The molecule has 124 valence electrons. The van der Waals surface area contributed by atoms with Crippen molar-refractivity contribution in [2.45, 2.75) is 18.4 Å². The summed E-state index contributed by atoms with van der Waals surface area (Å²) in [6.45, 7) is 2.90. The lowest BCUT2D eigenvalue weighted by Crippen LogP contribution is -2.41. The Morgan fingerprint density at radius 1 is 1.13 bits per heavy atom. The van der Waals surface area contributed by atoms with E-state index in [1.54, 1.807) is 20.1 Å². The lowest BCUT2D eigenvalue weighted by molar-refractivity contribution is -0.700. The summed E-state index contributed by atoms with van der Waals surface area (Å²) >= 11 is 0. The van der Waals surface area contributed by atoms with Crippen molar-refractivity contribution in [3.8, 4) is 0 Å². The second-order valence-electron chi connectivity index (χ2n) is 4.60. The summed E-state index contributed by atoms with van der Waals surface area (Å²) in [4.78, 5) is 11.0. The zero-order valence-corrected chi connectivity index (χ0v) is 13.8. The van der Waals surface area contributed by atoms with Crippen molar-refractivity contribution >= 4 is 15.9 Å². The number of ether oxygens (including phenoxy) is 1. The summed E-state index contributed by atoms with van der Waals surface area (Å²) in [6, 6.07) is 12.8. The van der Waals surface area contributed by atoms with Gasteiger partial charge in [-0.3, -0.25) is 4.79 Å². The van der Waals surface area contributed by atoms with Crippen molar-refractivity contribution in [3.63, 3.8) is 0 Å². The van der Waals surface area contributed by atoms with Gasteiger partial charge in [0.25, 0.3) is 0 Å². The monoisotopic (exact) mass is 337 g/mol. The van der Waals surface area contributed by atoms with E-state index < -0.39 is 10.1 Å². The highest BCUT2D eigenvalue weighted by Gasteiger charge is 2.12. The van der Waals surface area contributed by atoms with Crippen LogP contribution in [0.15, 0.2) is 59.6 Å². The fourth-order valence-corrected chi connectivity index (χ4v) is 2.26. The molecular formula is C16H19NO5S. The summed E-state index contributed by atoms with van der Waals surface area (Å²) < 4.78 is 37.7. The molecule has 1 aromatic heterocycles. The Hall–Kier alpha value is -2.09. The van der Waals surface area contributed by atoms with E-state index in [0.29, 0.717) is 13.2 Å². The molecule has 0 bridgehead atoms. The lowest BCUT2D eigenvalue weighted by atomic mass is 10.2. The van der Waals surface area contributed by atoms with Crippen molar-refractivity contribution in [2.24, 2.45) is 0 Å². The van der Waals surface area contributed by atoms with Crippen LogP contribution in [0.4, 0.5) is 0 Å². The van der Waals surface area contributed by atoms with Gasteiger partial charge in [0.1, 0.15) is 16.7 Å². The van der Waals surface area contributed by atoms with E-state index in [-0.39, 0.29) is 10.7 Å². The highest BCUT2D eigenvalue weighted by Crippen LogP contribution is 2.04. The van der Waals surface area contributed by atoms with Gasteiger partial charge in [0.15, 0.2) is 12.7 Å². The van der Waals surface area contributed by atoms with Crippen LogP contribution in [-0.2, 0) is 21.4 Å². The summed E-state index contributed by atoms with van der Waals surface area (Å²) in [6.07, 6.45) is 1.88. The zero-order chi connectivity index (χ0) is 17.3. The zero-order valence-electron chi connectivity index (χ0n) is 13.0. The number of hydrogen-bond acceptors (Lipinski definition) is 5. The van der Waals surface area contributed by atoms with Gasteiger partial charge in [0.05, 0.1) is 4.90 Å². The number of ketones is 1. The predicted octanol–water partition coefficient (Wildman–Crippen LogP) is 1.41. The molecule has 0 aliphatic heterocycles. The van der Waals surface area contributed by atoms with E-state index in [9.17, 15) is 17.8 Å². The lowest BCUT2D eigenvalue weighted by Gasteiger charge is -2.04. The molecule has 0 spiro atoms. The number of benzene rings is 1. The molecule has 0 aliphatic rings. The highest BCUT2D eigenvalue weighted by atomic mass is 32.2. The number of hydrogen-bond donors (Lipinski definition) is 0. The fourth-order valence-electron chi connectivity index (χ4n) is 1.77. The third-order valence-corrected chi connectivity index (χ3v) is 3.72. The van der Waals surface area contributed by atoms with Gasteiger partial charge in [-0.2, -0.15) is 4.57 Å². The molecule has 0 atom stereocenters. The molecule has 1 aromatic carbocycles. The summed E-state index contributed by atoms with van der Waals surface area (Å²) in [7, 11) is -2.60. The van der Waals surface area contributed by atoms with Crippen molar-refractivity contribution < 1.29 is 27.1 Å². The van der Waals surface area contributed by atoms with Gasteiger partial charge >= 0.3 is 0 Å². The number of carbonyl (C=O) groups excluding carboxylic acids is 1. The molecule has 6 nitrogen and oxygen atoms in total. The number of rotatable bonds is 5. The minimum Gasteiger partial charge on any atom is -0.744 e. The van der Waals surface area contributed by atoms with Crippen molar-refractivity contribution in [3.05, 3.63) is 60.4 Å². The van der Waals surface area contributed by atoms with Crippen LogP contribution in [0.5, 0.6) is 0 Å². The Labute approximate surface area is 136 Å². The van der Waals surface area contributed by atoms with Crippen LogP contribution in [0.3, 0.4) is 0 Å². The Morgan fingerprint density at radius 2 is 1.74 bits per heavy atom. The summed E-state index contributed by atoms with van der Waals surface area (Å²) in [5.41, 5.74) is 0.722. The maximum atomic E-state index is 11.2. The van der Waals surface area contributed by atoms with Crippen LogP contribution in [0, 0.1) is 0 Å². The summed E-state index contributed by atoms with van der Waals surface area (Å²) in [5.74, 6) is 0.0803. The van der Waals surface area contributed by atoms with E-state index in [1.165, 1.54) is 24.3 Å². The highest BCUT2D eigenvalue weighted by molar-refractivity contribution is 7.85. The molecule has 0 saturated heterocycles. The van der Waals surface area contributed by atoms with Gasteiger partial charge in [-0.25, -0.2) is 8.42 Å². The first-order valence-electron chi connectivity index (χ1n) is 6.85. The van der Waals surface area contributed by atoms with Crippen LogP contribution >= 0.6 is 0 Å². The average Bonchev–Trinajstić information content (AvgIpc) is 2.54. The first-order chi connectivity index (χ1) is 10.9.